The highest BCUT2D eigenvalue weighted by Crippen LogP contribution is 2.28. The highest BCUT2D eigenvalue weighted by molar-refractivity contribution is 8.04. The van der Waals surface area contributed by atoms with Crippen LogP contribution in [-0.2, 0) is 19.1 Å². The average molecular weight is 348 g/mol. The molecule has 1 fully saturated rings. The average Bonchev–Trinajstić information content (AvgIpc) is 2.84. The van der Waals surface area contributed by atoms with Crippen molar-refractivity contribution in [2.45, 2.75) is 20.8 Å². The molecule has 1 aliphatic rings. The Labute approximate surface area is 145 Å². The van der Waals surface area contributed by atoms with Gasteiger partial charge in [-0.1, -0.05) is 23.9 Å². The lowest BCUT2D eigenvalue weighted by molar-refractivity contribution is -0.137. The number of anilines is 1. The molecule has 2 rings (SSSR count). The molecule has 0 radical (unpaired) electrons. The predicted octanol–water partition coefficient (Wildman–Crippen LogP) is 2.22. The molecule has 1 aromatic carbocycles. The molecule has 1 aliphatic heterocycles. The van der Waals surface area contributed by atoms with Gasteiger partial charge in [0, 0.05) is 5.69 Å². The summed E-state index contributed by atoms with van der Waals surface area (Å²) in [6.07, 6.45) is 1.25. The summed E-state index contributed by atoms with van der Waals surface area (Å²) in [6, 6.07) is 5.77. The van der Waals surface area contributed by atoms with E-state index in [1.807, 2.05) is 32.0 Å². The van der Waals surface area contributed by atoms with E-state index >= 15 is 0 Å². The van der Waals surface area contributed by atoms with E-state index < -0.39 is 5.97 Å². The summed E-state index contributed by atoms with van der Waals surface area (Å²) in [5, 5.41) is 3.25. The van der Waals surface area contributed by atoms with E-state index in [0.717, 1.165) is 16.8 Å². The smallest absolute Gasteiger partial charge is 0.333 e. The van der Waals surface area contributed by atoms with Crippen LogP contribution in [0.5, 0.6) is 0 Å². The van der Waals surface area contributed by atoms with Gasteiger partial charge in [0.1, 0.15) is 6.54 Å². The fourth-order valence-electron chi connectivity index (χ4n) is 2.19. The van der Waals surface area contributed by atoms with E-state index in [1.54, 1.807) is 6.92 Å². The van der Waals surface area contributed by atoms with E-state index in [9.17, 15) is 14.4 Å². The zero-order valence-corrected chi connectivity index (χ0v) is 14.7. The molecule has 24 heavy (non-hydrogen) atoms. The fraction of sp³-hybridized carbons (Fsp3) is 0.353. The monoisotopic (exact) mass is 348 g/mol. The summed E-state index contributed by atoms with van der Waals surface area (Å²) in [5.74, 6) is -0.822. The van der Waals surface area contributed by atoms with Crippen molar-refractivity contribution in [3.8, 4) is 0 Å². The van der Waals surface area contributed by atoms with Gasteiger partial charge in [0.25, 0.3) is 0 Å². The van der Waals surface area contributed by atoms with Crippen LogP contribution in [0.25, 0.3) is 0 Å². The first-order valence-electron chi connectivity index (χ1n) is 7.59. The van der Waals surface area contributed by atoms with Gasteiger partial charge in [-0.25, -0.2) is 4.79 Å². The third-order valence-electron chi connectivity index (χ3n) is 3.41. The van der Waals surface area contributed by atoms with Crippen molar-refractivity contribution in [2.75, 3.05) is 24.2 Å². The lowest BCUT2D eigenvalue weighted by atomic mass is 10.1. The second-order valence-corrected chi connectivity index (χ2v) is 6.37. The van der Waals surface area contributed by atoms with Gasteiger partial charge in [0.15, 0.2) is 0 Å². The third kappa shape index (κ3) is 4.61. The standard InChI is InChI=1S/C17H20N2O4S/c1-4-23-17(22)8-16-19(15(21)10-24-16)9-14(20)18-13-7-11(2)5-6-12(13)3/h5-8H,4,9-10H2,1-3H3,(H,18,20)/b16-8-. The number of ether oxygens (including phenoxy) is 1. The number of benzene rings is 1. The zero-order valence-electron chi connectivity index (χ0n) is 13.9. The summed E-state index contributed by atoms with van der Waals surface area (Å²) >= 11 is 1.22. The predicted molar refractivity (Wildman–Crippen MR) is 93.4 cm³/mol. The maximum Gasteiger partial charge on any atom is 0.333 e. The molecule has 0 bridgehead atoms. The first-order valence-corrected chi connectivity index (χ1v) is 8.58. The normalized spacial score (nSPS) is 15.7. The Bertz CT molecular complexity index is 700. The van der Waals surface area contributed by atoms with Gasteiger partial charge in [-0.3, -0.25) is 14.5 Å². The van der Waals surface area contributed by atoms with Gasteiger partial charge in [-0.2, -0.15) is 0 Å². The van der Waals surface area contributed by atoms with Gasteiger partial charge in [0.05, 0.1) is 23.5 Å². The van der Waals surface area contributed by atoms with Gasteiger partial charge in [-0.05, 0) is 38.0 Å². The van der Waals surface area contributed by atoms with Crippen LogP contribution in [0.15, 0.2) is 29.3 Å². The van der Waals surface area contributed by atoms with Crippen LogP contribution in [0.2, 0.25) is 0 Å². The molecular formula is C17H20N2O4S. The van der Waals surface area contributed by atoms with Crippen LogP contribution in [0.3, 0.4) is 0 Å². The number of aryl methyl sites for hydroxylation is 2. The summed E-state index contributed by atoms with van der Waals surface area (Å²) in [7, 11) is 0. The van der Waals surface area contributed by atoms with Crippen LogP contribution in [0, 0.1) is 13.8 Å². The summed E-state index contributed by atoms with van der Waals surface area (Å²) < 4.78 is 4.85. The van der Waals surface area contributed by atoms with Crippen LogP contribution in [-0.4, -0.2) is 41.6 Å². The summed E-state index contributed by atoms with van der Waals surface area (Å²) in [6.45, 7) is 5.67. The minimum atomic E-state index is -0.519. The molecule has 2 amide bonds. The zero-order chi connectivity index (χ0) is 17.7. The number of hydrogen-bond acceptors (Lipinski definition) is 5. The minimum Gasteiger partial charge on any atom is -0.463 e. The molecule has 0 spiro atoms. The Morgan fingerprint density at radius 3 is 2.83 bits per heavy atom. The quantitative estimate of drug-likeness (QED) is 0.652. The Morgan fingerprint density at radius 2 is 2.12 bits per heavy atom. The van der Waals surface area contributed by atoms with Crippen molar-refractivity contribution in [1.29, 1.82) is 0 Å². The van der Waals surface area contributed by atoms with E-state index in [4.69, 9.17) is 4.74 Å². The third-order valence-corrected chi connectivity index (χ3v) is 4.43. The molecule has 7 heteroatoms. The lowest BCUT2D eigenvalue weighted by Gasteiger charge is -2.17. The maximum absolute atomic E-state index is 12.3. The second-order valence-electron chi connectivity index (χ2n) is 5.37. The fourth-order valence-corrected chi connectivity index (χ4v) is 3.12. The minimum absolute atomic E-state index is 0.134. The molecule has 1 aromatic rings. The van der Waals surface area contributed by atoms with Crippen molar-refractivity contribution < 1.29 is 19.1 Å². The number of carbonyl (C=O) groups excluding carboxylic acids is 3. The summed E-state index contributed by atoms with van der Waals surface area (Å²) in [5.41, 5.74) is 2.69. The van der Waals surface area contributed by atoms with Gasteiger partial charge in [0.2, 0.25) is 11.8 Å². The number of amides is 2. The summed E-state index contributed by atoms with van der Waals surface area (Å²) in [4.78, 5) is 37.1. The molecule has 1 N–H and O–H groups in total. The Morgan fingerprint density at radius 1 is 1.38 bits per heavy atom. The molecule has 0 unspecified atom stereocenters. The molecule has 1 heterocycles. The highest BCUT2D eigenvalue weighted by atomic mass is 32.2. The van der Waals surface area contributed by atoms with Gasteiger partial charge >= 0.3 is 5.97 Å². The van der Waals surface area contributed by atoms with Crippen LogP contribution >= 0.6 is 11.8 Å². The first kappa shape index (κ1) is 18.1. The first-order chi connectivity index (χ1) is 11.4. The molecule has 6 nitrogen and oxygen atoms in total. The number of esters is 1. The van der Waals surface area contributed by atoms with E-state index in [-0.39, 0.29) is 30.7 Å². The van der Waals surface area contributed by atoms with Crippen molar-refractivity contribution in [3.63, 3.8) is 0 Å². The number of thioether (sulfide) groups is 1. The SMILES string of the molecule is CCOC(=O)/C=C1\SCC(=O)N1CC(=O)Nc1cc(C)ccc1C. The number of nitrogens with one attached hydrogen (secondary N) is 1. The van der Waals surface area contributed by atoms with Crippen LogP contribution in [0.4, 0.5) is 5.69 Å². The van der Waals surface area contributed by atoms with Crippen LogP contribution < -0.4 is 5.32 Å². The number of nitrogens with zero attached hydrogens (tertiary/aromatic N) is 1. The van der Waals surface area contributed by atoms with E-state index in [1.165, 1.54) is 22.7 Å². The van der Waals surface area contributed by atoms with Gasteiger partial charge < -0.3 is 10.1 Å². The molecule has 0 aliphatic carbocycles. The second kappa shape index (κ2) is 8.01. The van der Waals surface area contributed by atoms with E-state index in [0.29, 0.717) is 5.03 Å². The van der Waals surface area contributed by atoms with E-state index in [2.05, 4.69) is 5.32 Å². The lowest BCUT2D eigenvalue weighted by Crippen LogP contribution is -2.34. The molecule has 1 saturated heterocycles. The van der Waals surface area contributed by atoms with Crippen molar-refractivity contribution in [3.05, 3.63) is 40.4 Å². The molecule has 0 atom stereocenters. The Kier molecular flexibility index (Phi) is 6.03. The van der Waals surface area contributed by atoms with Crippen molar-refractivity contribution >= 4 is 35.2 Å². The molecule has 0 saturated carbocycles. The largest absolute Gasteiger partial charge is 0.463 e. The molecule has 128 valence electrons. The Hall–Kier alpha value is -2.28. The molecular weight excluding hydrogens is 328 g/mol. The Balaban J connectivity index is 2.07. The van der Waals surface area contributed by atoms with Crippen molar-refractivity contribution in [2.24, 2.45) is 0 Å². The number of hydrogen-bond donors (Lipinski definition) is 1. The number of carbonyl (C=O) groups is 3. The molecule has 0 aromatic heterocycles. The van der Waals surface area contributed by atoms with Gasteiger partial charge in [-0.15, -0.1) is 0 Å². The van der Waals surface area contributed by atoms with Crippen LogP contribution in [0.1, 0.15) is 18.1 Å². The van der Waals surface area contributed by atoms with Crippen molar-refractivity contribution in [1.82, 2.24) is 4.90 Å². The number of rotatable bonds is 5. The topological polar surface area (TPSA) is 75.7 Å². The maximum atomic E-state index is 12.3. The highest BCUT2D eigenvalue weighted by Gasteiger charge is 2.29.